The van der Waals surface area contributed by atoms with Crippen LogP contribution in [0.3, 0.4) is 0 Å². The Kier molecular flexibility index (Phi) is 4.81. The summed E-state index contributed by atoms with van der Waals surface area (Å²) in [5, 5.41) is 1.44. The molecule has 7 rings (SSSR count). The number of aryl methyl sites for hydroxylation is 2. The Morgan fingerprint density at radius 3 is 2.84 bits per heavy atom. The van der Waals surface area contributed by atoms with Gasteiger partial charge in [-0.05, 0) is 72.4 Å². The maximum atomic E-state index is 5.84. The number of thiophene rings is 2. The van der Waals surface area contributed by atoms with Crippen LogP contribution in [-0.2, 0) is 22.3 Å². The smallest absolute Gasteiger partial charge is 0.0925 e. The van der Waals surface area contributed by atoms with Gasteiger partial charge < -0.3 is 9.47 Å². The highest BCUT2D eigenvalue weighted by Crippen LogP contribution is 2.59. The summed E-state index contributed by atoms with van der Waals surface area (Å²) in [6, 6.07) is 9.64. The van der Waals surface area contributed by atoms with Crippen LogP contribution in [0.4, 0.5) is 0 Å². The number of fused-ring (bicyclic) bond motifs is 8. The molecule has 0 radical (unpaired) electrons. The minimum atomic E-state index is 0.483. The number of rotatable bonds is 6. The second kappa shape index (κ2) is 7.86. The third-order valence-corrected chi connectivity index (χ3v) is 10.1. The van der Waals surface area contributed by atoms with Gasteiger partial charge in [-0.1, -0.05) is 24.3 Å². The second-order valence-corrected chi connectivity index (χ2v) is 11.9. The van der Waals surface area contributed by atoms with E-state index >= 15 is 0 Å². The van der Waals surface area contributed by atoms with Gasteiger partial charge in [0.15, 0.2) is 0 Å². The largest absolute Gasteiger partial charge is 0.498 e. The SMILES string of the molecule is C1=CC2c3c(ccc4cc(CCC5CCCO5)sc34)C2c2sc(CCC3=CCCO3)cc21. The number of hydrogen-bond donors (Lipinski definition) is 0. The highest BCUT2D eigenvalue weighted by molar-refractivity contribution is 7.19. The molecule has 3 atom stereocenters. The van der Waals surface area contributed by atoms with E-state index in [2.05, 4.69) is 42.5 Å². The quantitative estimate of drug-likeness (QED) is 0.378. The molecular weight excluding hydrogens is 432 g/mol. The molecule has 1 aromatic carbocycles. The highest BCUT2D eigenvalue weighted by atomic mass is 32.1. The topological polar surface area (TPSA) is 18.5 Å². The standard InChI is InChI=1S/C28H28O2S2/c1-3-19(29-13-1)7-9-21-15-17-5-11-23-25(27(17)31-21)24-12-6-18-16-22(32-28(18)26(23)24)10-8-20-4-2-14-30-20/h3,5-6,11-12,15-16,20,23,25H,1-2,4,7-10,13-14H2. The molecule has 0 spiro atoms. The minimum Gasteiger partial charge on any atom is -0.498 e. The van der Waals surface area contributed by atoms with Crippen molar-refractivity contribution in [3.05, 3.63) is 73.5 Å². The highest BCUT2D eigenvalue weighted by Gasteiger charge is 2.42. The lowest BCUT2D eigenvalue weighted by atomic mass is 9.64. The maximum Gasteiger partial charge on any atom is 0.0925 e. The van der Waals surface area contributed by atoms with Crippen molar-refractivity contribution in [2.24, 2.45) is 0 Å². The number of hydrogen-bond acceptors (Lipinski definition) is 4. The molecule has 4 heterocycles. The summed E-state index contributed by atoms with van der Waals surface area (Å²) in [4.78, 5) is 4.60. The summed E-state index contributed by atoms with van der Waals surface area (Å²) in [5.41, 5.74) is 4.61. The Balaban J connectivity index is 1.14. The summed E-state index contributed by atoms with van der Waals surface area (Å²) in [7, 11) is 0. The molecule has 1 saturated heterocycles. The fraction of sp³-hybridized carbons (Fsp3) is 0.429. The van der Waals surface area contributed by atoms with Crippen molar-refractivity contribution in [2.75, 3.05) is 13.2 Å². The van der Waals surface area contributed by atoms with E-state index in [4.69, 9.17) is 9.47 Å². The summed E-state index contributed by atoms with van der Waals surface area (Å²) >= 11 is 4.06. The molecule has 3 unspecified atom stereocenters. The van der Waals surface area contributed by atoms with Gasteiger partial charge in [0.05, 0.1) is 18.5 Å². The normalized spacial score (nSPS) is 25.2. The van der Waals surface area contributed by atoms with Crippen LogP contribution >= 0.6 is 22.7 Å². The van der Waals surface area contributed by atoms with Gasteiger partial charge >= 0.3 is 0 Å². The van der Waals surface area contributed by atoms with Gasteiger partial charge in [0, 0.05) is 50.6 Å². The van der Waals surface area contributed by atoms with Gasteiger partial charge in [0.25, 0.3) is 0 Å². The molecule has 32 heavy (non-hydrogen) atoms. The van der Waals surface area contributed by atoms with Crippen molar-refractivity contribution in [1.82, 2.24) is 0 Å². The van der Waals surface area contributed by atoms with Crippen molar-refractivity contribution in [2.45, 2.75) is 62.9 Å². The van der Waals surface area contributed by atoms with Gasteiger partial charge in [-0.2, -0.15) is 0 Å². The predicted octanol–water partition coefficient (Wildman–Crippen LogP) is 7.57. The first-order chi connectivity index (χ1) is 15.8. The third-order valence-electron chi connectivity index (χ3n) is 7.58. The van der Waals surface area contributed by atoms with Crippen molar-refractivity contribution in [3.8, 4) is 0 Å². The Hall–Kier alpha value is -1.88. The zero-order valence-corrected chi connectivity index (χ0v) is 19.9. The van der Waals surface area contributed by atoms with Crippen LogP contribution in [0.5, 0.6) is 0 Å². The van der Waals surface area contributed by atoms with E-state index in [9.17, 15) is 0 Å². The Labute approximate surface area is 197 Å². The van der Waals surface area contributed by atoms with Crippen molar-refractivity contribution < 1.29 is 9.47 Å². The van der Waals surface area contributed by atoms with Crippen LogP contribution < -0.4 is 0 Å². The van der Waals surface area contributed by atoms with E-state index in [0.29, 0.717) is 17.9 Å². The fourth-order valence-corrected chi connectivity index (χ4v) is 8.54. The van der Waals surface area contributed by atoms with Crippen LogP contribution in [0.2, 0.25) is 0 Å². The van der Waals surface area contributed by atoms with Crippen molar-refractivity contribution in [1.29, 1.82) is 0 Å². The maximum absolute atomic E-state index is 5.84. The van der Waals surface area contributed by atoms with E-state index in [1.807, 2.05) is 22.7 Å². The first kappa shape index (κ1) is 19.6. The molecule has 4 aliphatic rings. The van der Waals surface area contributed by atoms with E-state index in [0.717, 1.165) is 38.9 Å². The zero-order chi connectivity index (χ0) is 21.1. The first-order valence-corrected chi connectivity index (χ1v) is 13.8. The fourth-order valence-electron chi connectivity index (χ4n) is 5.95. The van der Waals surface area contributed by atoms with Gasteiger partial charge in [-0.15, -0.1) is 22.7 Å². The van der Waals surface area contributed by atoms with Gasteiger partial charge in [-0.25, -0.2) is 0 Å². The molecule has 4 heteroatoms. The van der Waals surface area contributed by atoms with Gasteiger partial charge in [-0.3, -0.25) is 0 Å². The van der Waals surface area contributed by atoms with Crippen LogP contribution in [-0.4, -0.2) is 19.3 Å². The second-order valence-electron chi connectivity index (χ2n) is 9.58. The monoisotopic (exact) mass is 460 g/mol. The van der Waals surface area contributed by atoms with E-state index in [-0.39, 0.29) is 0 Å². The molecule has 2 aliphatic carbocycles. The van der Waals surface area contributed by atoms with Crippen LogP contribution in [0, 0.1) is 0 Å². The number of benzene rings is 1. The number of ether oxygens (including phenoxy) is 2. The van der Waals surface area contributed by atoms with Gasteiger partial charge in [0.2, 0.25) is 0 Å². The van der Waals surface area contributed by atoms with E-state index in [1.54, 1.807) is 16.0 Å². The van der Waals surface area contributed by atoms with Crippen molar-refractivity contribution >= 4 is 38.8 Å². The average molecular weight is 461 g/mol. The molecule has 0 N–H and O–H groups in total. The summed E-state index contributed by atoms with van der Waals surface area (Å²) < 4.78 is 13.1. The summed E-state index contributed by atoms with van der Waals surface area (Å²) in [6.07, 6.45) is 15.6. The summed E-state index contributed by atoms with van der Waals surface area (Å²) in [5.74, 6) is 2.31. The molecule has 2 aromatic heterocycles. The van der Waals surface area contributed by atoms with E-state index in [1.165, 1.54) is 50.4 Å². The van der Waals surface area contributed by atoms with Gasteiger partial charge in [0.1, 0.15) is 0 Å². The molecule has 2 nitrogen and oxygen atoms in total. The molecule has 0 amide bonds. The molecule has 164 valence electrons. The first-order valence-electron chi connectivity index (χ1n) is 12.1. The summed E-state index contributed by atoms with van der Waals surface area (Å²) in [6.45, 7) is 1.82. The van der Waals surface area contributed by atoms with Crippen LogP contribution in [0.1, 0.15) is 75.3 Å². The van der Waals surface area contributed by atoms with Crippen LogP contribution in [0.25, 0.3) is 16.2 Å². The average Bonchev–Trinajstić information content (AvgIpc) is 3.58. The molecular formula is C28H28O2S2. The predicted molar refractivity (Wildman–Crippen MR) is 134 cm³/mol. The Morgan fingerprint density at radius 2 is 1.97 bits per heavy atom. The van der Waals surface area contributed by atoms with E-state index < -0.39 is 0 Å². The molecule has 1 fully saturated rings. The number of allylic oxidation sites excluding steroid dienone is 2. The lowest BCUT2D eigenvalue weighted by Crippen LogP contribution is -2.25. The zero-order valence-electron chi connectivity index (χ0n) is 18.3. The molecule has 0 bridgehead atoms. The van der Waals surface area contributed by atoms with Crippen LogP contribution in [0.15, 0.2) is 42.2 Å². The lowest BCUT2D eigenvalue weighted by Gasteiger charge is -2.40. The van der Waals surface area contributed by atoms with Crippen molar-refractivity contribution in [3.63, 3.8) is 0 Å². The molecule has 3 aromatic rings. The minimum absolute atomic E-state index is 0.483. The molecule has 2 aliphatic heterocycles. The third kappa shape index (κ3) is 3.22. The Morgan fingerprint density at radius 1 is 1.00 bits per heavy atom. The molecule has 0 saturated carbocycles. The lowest BCUT2D eigenvalue weighted by molar-refractivity contribution is 0.105. The Bertz CT molecular complexity index is 1240.